The Bertz CT molecular complexity index is 963. The zero-order chi connectivity index (χ0) is 26.9. The Kier molecular flexibility index (Phi) is 20.6. The van der Waals surface area contributed by atoms with Gasteiger partial charge in [0.25, 0.3) is 0 Å². The minimum Gasteiger partial charge on any atom is -0.744 e. The van der Waals surface area contributed by atoms with Crippen molar-refractivity contribution in [1.82, 2.24) is 0 Å². The summed E-state index contributed by atoms with van der Waals surface area (Å²) in [4.78, 5) is -0.289. The van der Waals surface area contributed by atoms with Gasteiger partial charge in [0.1, 0.15) is 20.2 Å². The number of aryl methyl sites for hydroxylation is 2. The Morgan fingerprint density at radius 2 is 0.757 bits per heavy atom. The molecule has 0 saturated heterocycles. The summed E-state index contributed by atoms with van der Waals surface area (Å²) in [6.07, 6.45) is 16.8. The minimum absolute atomic E-state index is 0. The van der Waals surface area contributed by atoms with Gasteiger partial charge in [-0.15, -0.1) is 0 Å². The van der Waals surface area contributed by atoms with Crippen LogP contribution in [0.5, 0.6) is 0 Å². The number of benzene rings is 2. The van der Waals surface area contributed by atoms with Crippen LogP contribution in [-0.2, 0) is 33.1 Å². The second-order valence-corrected chi connectivity index (χ2v) is 12.0. The van der Waals surface area contributed by atoms with Crippen LogP contribution in [0.25, 0.3) is 0 Å². The van der Waals surface area contributed by atoms with E-state index in [9.17, 15) is 25.9 Å². The maximum absolute atomic E-state index is 10.7. The van der Waals surface area contributed by atoms with Gasteiger partial charge in [-0.25, -0.2) is 16.8 Å². The molecule has 0 aliphatic carbocycles. The van der Waals surface area contributed by atoms with Crippen molar-refractivity contribution in [2.24, 2.45) is 0 Å². The van der Waals surface area contributed by atoms with Gasteiger partial charge in [-0.05, 0) is 61.1 Å². The molecule has 0 fully saturated rings. The molecule has 0 spiro atoms. The van der Waals surface area contributed by atoms with Crippen LogP contribution in [0.15, 0.2) is 58.3 Å². The van der Waals surface area contributed by atoms with Gasteiger partial charge in [0.2, 0.25) is 0 Å². The van der Waals surface area contributed by atoms with E-state index in [1.54, 1.807) is 24.3 Å². The van der Waals surface area contributed by atoms with Crippen LogP contribution in [0, 0.1) is 0 Å². The Morgan fingerprint density at radius 3 is 1.03 bits per heavy atom. The molecule has 0 saturated carbocycles. The molecule has 0 atom stereocenters. The largest absolute Gasteiger partial charge is 2.00 e. The second kappa shape index (κ2) is 20.7. The molecule has 2 aromatic carbocycles. The first-order valence-corrected chi connectivity index (χ1v) is 16.0. The topological polar surface area (TPSA) is 114 Å². The number of hydrogen-bond acceptors (Lipinski definition) is 6. The molecule has 204 valence electrons. The molecule has 0 heterocycles. The van der Waals surface area contributed by atoms with E-state index in [4.69, 9.17) is 0 Å². The quantitative estimate of drug-likeness (QED) is 0.112. The summed E-state index contributed by atoms with van der Waals surface area (Å²) in [5.41, 5.74) is 2.19. The van der Waals surface area contributed by atoms with Crippen molar-refractivity contribution in [1.29, 1.82) is 0 Å². The monoisotopic (exact) mass is 676 g/mol. The van der Waals surface area contributed by atoms with Crippen LogP contribution in [0.3, 0.4) is 0 Å². The average molecular weight is 676 g/mol. The van der Waals surface area contributed by atoms with Crippen molar-refractivity contribution in [3.63, 3.8) is 0 Å². The molecule has 9 heteroatoms. The maximum atomic E-state index is 10.7. The van der Waals surface area contributed by atoms with Crippen molar-refractivity contribution in [2.75, 3.05) is 0 Å². The predicted molar refractivity (Wildman–Crippen MR) is 149 cm³/mol. The van der Waals surface area contributed by atoms with Gasteiger partial charge in [0.05, 0.1) is 9.79 Å². The van der Waals surface area contributed by atoms with Crippen LogP contribution < -0.4 is 0 Å². The van der Waals surface area contributed by atoms with Gasteiger partial charge in [-0.3, -0.25) is 0 Å². The molecule has 0 unspecified atom stereocenters. The summed E-state index contributed by atoms with van der Waals surface area (Å²) in [5, 5.41) is 0. The van der Waals surface area contributed by atoms with Gasteiger partial charge < -0.3 is 9.11 Å². The molecule has 0 bridgehead atoms. The molecule has 0 aliphatic rings. The van der Waals surface area contributed by atoms with Gasteiger partial charge in [0, 0.05) is 0 Å². The molecule has 37 heavy (non-hydrogen) atoms. The molecular weight excluding hydrogens is 634 g/mol. The fourth-order valence-electron chi connectivity index (χ4n) is 3.86. The van der Waals surface area contributed by atoms with Crippen molar-refractivity contribution in [3.8, 4) is 0 Å². The van der Waals surface area contributed by atoms with E-state index in [0.717, 1.165) is 36.8 Å². The third kappa shape index (κ3) is 17.9. The molecule has 0 aromatic heterocycles. The van der Waals surface area contributed by atoms with E-state index in [-0.39, 0.29) is 58.7 Å². The van der Waals surface area contributed by atoms with E-state index in [2.05, 4.69) is 13.8 Å². The van der Waals surface area contributed by atoms with E-state index in [1.807, 2.05) is 0 Å². The van der Waals surface area contributed by atoms with E-state index in [1.165, 1.54) is 88.5 Å². The Labute approximate surface area is 265 Å². The minimum atomic E-state index is -4.31. The van der Waals surface area contributed by atoms with Crippen molar-refractivity contribution in [3.05, 3.63) is 59.7 Å². The third-order valence-corrected chi connectivity index (χ3v) is 7.76. The summed E-state index contributed by atoms with van der Waals surface area (Å²) in [5.74, 6) is 0. The van der Waals surface area contributed by atoms with E-state index < -0.39 is 20.2 Å². The van der Waals surface area contributed by atoms with Crippen molar-refractivity contribution >= 4 is 69.1 Å². The third-order valence-electron chi connectivity index (χ3n) is 6.06. The normalized spacial score (nSPS) is 11.4. The summed E-state index contributed by atoms with van der Waals surface area (Å²) in [6, 6.07) is 12.5. The molecule has 6 nitrogen and oxygen atoms in total. The summed E-state index contributed by atoms with van der Waals surface area (Å²) >= 11 is 0. The van der Waals surface area contributed by atoms with Crippen LogP contribution in [-0.4, -0.2) is 74.8 Å². The first kappa shape index (κ1) is 36.8. The van der Waals surface area contributed by atoms with Crippen LogP contribution >= 0.6 is 0 Å². The average Bonchev–Trinajstić information content (AvgIpc) is 2.83. The Hall–Kier alpha value is -0.169. The van der Waals surface area contributed by atoms with Gasteiger partial charge in [-0.2, -0.15) is 0 Å². The molecule has 2 rings (SSSR count). The van der Waals surface area contributed by atoms with E-state index in [0.29, 0.717) is 0 Å². The molecule has 2 aromatic rings. The predicted octanol–water partition coefficient (Wildman–Crippen LogP) is 6.61. The van der Waals surface area contributed by atoms with E-state index >= 15 is 0 Å². The zero-order valence-corrected chi connectivity index (χ0v) is 28.6. The molecule has 0 radical (unpaired) electrons. The van der Waals surface area contributed by atoms with Crippen molar-refractivity contribution in [2.45, 2.75) is 114 Å². The van der Waals surface area contributed by atoms with Crippen molar-refractivity contribution < 1.29 is 25.9 Å². The van der Waals surface area contributed by atoms with Crippen LogP contribution in [0.2, 0.25) is 0 Å². The first-order chi connectivity index (χ1) is 17.1. The smallest absolute Gasteiger partial charge is 0.744 e. The van der Waals surface area contributed by atoms with Gasteiger partial charge in [-0.1, -0.05) is 102 Å². The SMILES string of the molecule is CCCCCCCCc1ccc(S(=O)(=O)[O-])cc1.CCCCCCCCc1ccc(S(=O)(=O)[O-])cc1.[Ba+2]. The number of unbranched alkanes of at least 4 members (excludes halogenated alkanes) is 10. The maximum Gasteiger partial charge on any atom is 2.00 e. The molecule has 0 aliphatic heterocycles. The van der Waals surface area contributed by atoms with Crippen LogP contribution in [0.4, 0.5) is 0 Å². The fraction of sp³-hybridized carbons (Fsp3) is 0.571. The second-order valence-electron chi connectivity index (χ2n) is 9.23. The summed E-state index contributed by atoms with van der Waals surface area (Å²) < 4.78 is 64.5. The van der Waals surface area contributed by atoms with Gasteiger partial charge in [0.15, 0.2) is 0 Å². The number of rotatable bonds is 16. The van der Waals surface area contributed by atoms with Gasteiger partial charge >= 0.3 is 48.9 Å². The number of hydrogen-bond donors (Lipinski definition) is 0. The zero-order valence-electron chi connectivity index (χ0n) is 22.5. The Morgan fingerprint density at radius 1 is 0.486 bits per heavy atom. The molecule has 0 N–H and O–H groups in total. The van der Waals surface area contributed by atoms with Crippen LogP contribution in [0.1, 0.15) is 102 Å². The molecule has 0 amide bonds. The summed E-state index contributed by atoms with van der Waals surface area (Å²) in [6.45, 7) is 4.40. The Balaban J connectivity index is 0.000000682. The molecular formula is C28H42BaO6S2. The standard InChI is InChI=1S/2C14H22O3S.Ba/c2*1-2-3-4-5-6-7-8-13-9-11-14(12-10-13)18(15,16)17;/h2*9-12H,2-8H2,1H3,(H,15,16,17);/q;;+2/p-2. The fourth-order valence-corrected chi connectivity index (χ4v) is 4.80. The summed E-state index contributed by atoms with van der Waals surface area (Å²) in [7, 11) is -8.61. The first-order valence-electron chi connectivity index (χ1n) is 13.2.